The Bertz CT molecular complexity index is 634. The molecule has 3 rings (SSSR count). The Hall–Kier alpha value is -2.03. The van der Waals surface area contributed by atoms with Crippen molar-refractivity contribution in [2.45, 2.75) is 13.8 Å². The second-order valence-corrected chi connectivity index (χ2v) is 4.73. The fraction of sp³-hybridized carbons (Fsp3) is 0.100. The molecule has 0 aliphatic rings. The van der Waals surface area contributed by atoms with Gasteiger partial charge in [0.25, 0.3) is 0 Å². The van der Waals surface area contributed by atoms with Gasteiger partial charge in [-0.3, -0.25) is 0 Å². The van der Waals surface area contributed by atoms with Gasteiger partial charge >= 0.3 is 19.5 Å². The van der Waals surface area contributed by atoms with E-state index in [0.29, 0.717) is 0 Å². The van der Waals surface area contributed by atoms with Gasteiger partial charge in [-0.2, -0.15) is 66.2 Å². The molecule has 0 saturated heterocycles. The van der Waals surface area contributed by atoms with Gasteiger partial charge in [-0.05, 0) is 12.5 Å². The summed E-state index contributed by atoms with van der Waals surface area (Å²) in [5.74, 6) is 0. The van der Waals surface area contributed by atoms with Crippen molar-refractivity contribution in [2.75, 3.05) is 0 Å². The molecule has 0 atom stereocenters. The molecule has 0 amide bonds. The number of hydrogen-bond donors (Lipinski definition) is 0. The first-order chi connectivity index (χ1) is 10.8. The molecule has 0 aliphatic heterocycles. The third-order valence-corrected chi connectivity index (χ3v) is 2.99. The summed E-state index contributed by atoms with van der Waals surface area (Å²) in [6.07, 6.45) is 0. The fourth-order valence-corrected chi connectivity index (χ4v) is 1.80. The summed E-state index contributed by atoms with van der Waals surface area (Å²) >= 11 is 2.31. The van der Waals surface area contributed by atoms with Crippen LogP contribution in [-0.4, -0.2) is 0 Å². The van der Waals surface area contributed by atoms with E-state index >= 15 is 0 Å². The fourth-order valence-electron chi connectivity index (χ4n) is 1.80. The Morgan fingerprint density at radius 3 is 1.36 bits per heavy atom. The molecular formula is C20H18CoO-2. The first kappa shape index (κ1) is 18.0. The average Bonchev–Trinajstić information content (AvgIpc) is 2.59. The molecule has 0 saturated carbocycles. The zero-order chi connectivity index (χ0) is 16.2. The van der Waals surface area contributed by atoms with Crippen molar-refractivity contribution in [1.82, 2.24) is 0 Å². The van der Waals surface area contributed by atoms with Gasteiger partial charge < -0.3 is 0 Å². The SMILES string of the molecule is Cc1cc[c-]cc1.Cc1ccc(-c2cc[c-]cc2)cc1.[O]=[Co]. The molecule has 0 radical (unpaired) electrons. The standard InChI is InChI=1S/C13H11.C7H7.Co.O/c1-11-7-9-13(10-8-11)12-5-3-2-4-6-12;1-7-5-3-2-4-6-7;;/h3-10H,1H3;3-6H,1H3;;/q2*-1;;. The molecule has 0 spiro atoms. The van der Waals surface area contributed by atoms with Crippen LogP contribution in [0.15, 0.2) is 72.8 Å². The van der Waals surface area contributed by atoms with Crippen LogP contribution in [0.1, 0.15) is 11.1 Å². The Balaban J connectivity index is 0.000000228. The van der Waals surface area contributed by atoms with E-state index in [1.54, 1.807) is 0 Å². The van der Waals surface area contributed by atoms with Gasteiger partial charge in [-0.15, -0.1) is 5.56 Å². The van der Waals surface area contributed by atoms with Crippen molar-refractivity contribution >= 4 is 0 Å². The maximum absolute atomic E-state index is 7.94. The van der Waals surface area contributed by atoms with E-state index < -0.39 is 0 Å². The zero-order valence-electron chi connectivity index (χ0n) is 12.7. The van der Waals surface area contributed by atoms with E-state index in [0.717, 1.165) is 0 Å². The molecule has 0 unspecified atom stereocenters. The topological polar surface area (TPSA) is 17.1 Å². The molecule has 0 bridgehead atoms. The van der Waals surface area contributed by atoms with Crippen LogP contribution in [0.4, 0.5) is 0 Å². The summed E-state index contributed by atoms with van der Waals surface area (Å²) < 4.78 is 7.94. The zero-order valence-corrected chi connectivity index (χ0v) is 13.7. The van der Waals surface area contributed by atoms with Gasteiger partial charge in [0.1, 0.15) is 0 Å². The molecule has 2 heteroatoms. The van der Waals surface area contributed by atoms with Crippen molar-refractivity contribution in [3.63, 3.8) is 0 Å². The van der Waals surface area contributed by atoms with Crippen LogP contribution in [-0.2, 0) is 19.5 Å². The van der Waals surface area contributed by atoms with Gasteiger partial charge in [0.2, 0.25) is 0 Å². The van der Waals surface area contributed by atoms with Crippen LogP contribution in [0.5, 0.6) is 0 Å². The van der Waals surface area contributed by atoms with Gasteiger partial charge in [0.15, 0.2) is 0 Å². The van der Waals surface area contributed by atoms with E-state index in [1.807, 2.05) is 36.4 Å². The predicted octanol–water partition coefficient (Wildman–Crippen LogP) is 5.14. The third kappa shape index (κ3) is 6.61. The second kappa shape index (κ2) is 10.7. The van der Waals surface area contributed by atoms with Crippen LogP contribution in [0, 0.1) is 26.0 Å². The Morgan fingerprint density at radius 1 is 0.591 bits per heavy atom. The minimum atomic E-state index is 1.25. The summed E-state index contributed by atoms with van der Waals surface area (Å²) in [7, 11) is 0. The molecule has 1 nitrogen and oxygen atoms in total. The number of hydrogen-bond acceptors (Lipinski definition) is 1. The first-order valence-electron chi connectivity index (χ1n) is 6.85. The monoisotopic (exact) mass is 333 g/mol. The Labute approximate surface area is 140 Å². The summed E-state index contributed by atoms with van der Waals surface area (Å²) in [5.41, 5.74) is 5.10. The van der Waals surface area contributed by atoms with Crippen molar-refractivity contribution in [1.29, 1.82) is 0 Å². The van der Waals surface area contributed by atoms with Gasteiger partial charge in [0.05, 0.1) is 0 Å². The summed E-state index contributed by atoms with van der Waals surface area (Å²) in [4.78, 5) is 0. The average molecular weight is 333 g/mol. The predicted molar refractivity (Wildman–Crippen MR) is 86.2 cm³/mol. The van der Waals surface area contributed by atoms with Crippen molar-refractivity contribution in [2.24, 2.45) is 0 Å². The summed E-state index contributed by atoms with van der Waals surface area (Å²) in [6.45, 7) is 4.16. The van der Waals surface area contributed by atoms with Crippen molar-refractivity contribution in [3.8, 4) is 11.1 Å². The molecule has 0 aliphatic carbocycles. The molecule has 0 fully saturated rings. The number of benzene rings is 3. The van der Waals surface area contributed by atoms with E-state index in [4.69, 9.17) is 3.87 Å². The van der Waals surface area contributed by atoms with E-state index in [9.17, 15) is 0 Å². The Morgan fingerprint density at radius 2 is 0.955 bits per heavy atom. The van der Waals surface area contributed by atoms with Crippen LogP contribution in [0.25, 0.3) is 11.1 Å². The molecule has 0 heterocycles. The third-order valence-electron chi connectivity index (χ3n) is 2.99. The van der Waals surface area contributed by atoms with Crippen LogP contribution >= 0.6 is 0 Å². The van der Waals surface area contributed by atoms with E-state index in [1.165, 1.54) is 22.3 Å². The first-order valence-corrected chi connectivity index (χ1v) is 7.28. The Kier molecular flexibility index (Phi) is 8.73. The van der Waals surface area contributed by atoms with Crippen molar-refractivity contribution in [3.05, 3.63) is 96.1 Å². The minimum absolute atomic E-state index is 1.25. The van der Waals surface area contributed by atoms with Gasteiger partial charge in [-0.25, -0.2) is 0 Å². The summed E-state index contributed by atoms with van der Waals surface area (Å²) in [5, 5.41) is 0. The molecule has 115 valence electrons. The number of aryl methyl sites for hydroxylation is 2. The normalized spacial score (nSPS) is 8.86. The van der Waals surface area contributed by atoms with Crippen LogP contribution in [0.2, 0.25) is 0 Å². The summed E-state index contributed by atoms with van der Waals surface area (Å²) in [6, 6.07) is 30.4. The molecule has 3 aromatic carbocycles. The quantitative estimate of drug-likeness (QED) is 0.564. The number of rotatable bonds is 1. The van der Waals surface area contributed by atoms with Crippen molar-refractivity contribution < 1.29 is 19.5 Å². The molecule has 0 N–H and O–H groups in total. The molecular weight excluding hydrogens is 315 g/mol. The van der Waals surface area contributed by atoms with E-state index in [-0.39, 0.29) is 0 Å². The molecule has 22 heavy (non-hydrogen) atoms. The van der Waals surface area contributed by atoms with Gasteiger partial charge in [-0.1, -0.05) is 36.8 Å². The van der Waals surface area contributed by atoms with Crippen LogP contribution in [0.3, 0.4) is 0 Å². The maximum atomic E-state index is 7.94. The van der Waals surface area contributed by atoms with Crippen LogP contribution < -0.4 is 0 Å². The van der Waals surface area contributed by atoms with Gasteiger partial charge in [0, 0.05) is 0 Å². The molecule has 3 aromatic rings. The molecule has 0 aromatic heterocycles. The second-order valence-electron chi connectivity index (χ2n) is 4.73. The van der Waals surface area contributed by atoms with E-state index in [2.05, 4.69) is 78.0 Å².